The summed E-state index contributed by atoms with van der Waals surface area (Å²) in [5.74, 6) is 0.192. The van der Waals surface area contributed by atoms with Crippen molar-refractivity contribution in [3.8, 4) is 44.8 Å². The molecule has 1 aliphatic rings. The average Bonchev–Trinajstić information content (AvgIpc) is 3.79. The van der Waals surface area contributed by atoms with E-state index in [1.165, 1.54) is 22.4 Å². The van der Waals surface area contributed by atoms with Crippen LogP contribution in [0.15, 0.2) is 183 Å². The third-order valence-electron chi connectivity index (χ3n) is 11.1. The van der Waals surface area contributed by atoms with Crippen molar-refractivity contribution >= 4 is 39.0 Å². The van der Waals surface area contributed by atoms with Crippen molar-refractivity contribution < 1.29 is 0 Å². The molecule has 6 heteroatoms. The van der Waals surface area contributed by atoms with Crippen molar-refractivity contribution in [3.05, 3.63) is 200 Å². The van der Waals surface area contributed by atoms with Gasteiger partial charge in [0.1, 0.15) is 0 Å². The fraction of sp³-hybridized carbons (Fsp3) is 0.0400. The second-order valence-electron chi connectivity index (χ2n) is 14.4. The van der Waals surface area contributed by atoms with Crippen LogP contribution in [0.2, 0.25) is 0 Å². The fourth-order valence-electron chi connectivity index (χ4n) is 8.47. The van der Waals surface area contributed by atoms with Gasteiger partial charge in [0.25, 0.3) is 0 Å². The number of hydrogen-bond donors (Lipinski definition) is 0. The average molecular weight is 719 g/mol. The molecule has 0 amide bonds. The van der Waals surface area contributed by atoms with E-state index in [1.807, 2.05) is 61.4 Å². The van der Waals surface area contributed by atoms with Crippen molar-refractivity contribution in [2.24, 2.45) is 0 Å². The SMILES string of the molecule is C1=CC(c2cncc(-c3ccccc3)c2)Cc2c1n(-c1cccc(-n3c4ccc(-c5cncc(-c6ccccc6)c5)cc4c4ncccc43)c1)c1cccnc21. The van der Waals surface area contributed by atoms with Gasteiger partial charge in [-0.1, -0.05) is 78.9 Å². The van der Waals surface area contributed by atoms with Gasteiger partial charge in [0, 0.05) is 82.1 Å². The minimum atomic E-state index is 0.192. The summed E-state index contributed by atoms with van der Waals surface area (Å²) in [7, 11) is 0. The molecule has 0 spiro atoms. The zero-order valence-corrected chi connectivity index (χ0v) is 30.4. The maximum Gasteiger partial charge on any atom is 0.0963 e. The van der Waals surface area contributed by atoms with Crippen LogP contribution in [0.1, 0.15) is 22.7 Å². The molecule has 0 fully saturated rings. The molecule has 6 heterocycles. The van der Waals surface area contributed by atoms with E-state index in [-0.39, 0.29) is 5.92 Å². The number of nitrogens with zero attached hydrogens (tertiary/aromatic N) is 6. The van der Waals surface area contributed by atoms with E-state index in [2.05, 4.69) is 147 Å². The minimum absolute atomic E-state index is 0.192. The quantitative estimate of drug-likeness (QED) is 0.172. The molecule has 11 rings (SSSR count). The second-order valence-corrected chi connectivity index (χ2v) is 14.4. The van der Waals surface area contributed by atoms with E-state index < -0.39 is 0 Å². The standard InChI is InChI=1S/C50H34N6/c1-3-10-33(11-4-1)37-24-39(31-51-29-37)35-18-20-45-43(26-35)49-47(16-8-22-53-49)55(45)41-14-7-15-42(28-41)56-46-21-19-36(27-44(46)50-48(56)17-9-23-54-50)40-25-38(30-52-32-40)34-12-5-2-6-13-34/h1-26,28-32,36H,27H2. The minimum Gasteiger partial charge on any atom is -0.308 e. The highest BCUT2D eigenvalue weighted by molar-refractivity contribution is 6.08. The molecule has 1 unspecified atom stereocenters. The van der Waals surface area contributed by atoms with Gasteiger partial charge in [0.15, 0.2) is 0 Å². The summed E-state index contributed by atoms with van der Waals surface area (Å²) >= 11 is 0. The zero-order chi connectivity index (χ0) is 37.0. The Hall–Kier alpha value is -7.44. The van der Waals surface area contributed by atoms with Crippen molar-refractivity contribution in [2.45, 2.75) is 12.3 Å². The van der Waals surface area contributed by atoms with Gasteiger partial charge in [0.2, 0.25) is 0 Å². The molecule has 0 bridgehead atoms. The molecule has 6 aromatic heterocycles. The Labute approximate surface area is 323 Å². The Kier molecular flexibility index (Phi) is 7.52. The molecule has 56 heavy (non-hydrogen) atoms. The molecule has 4 aromatic carbocycles. The smallest absolute Gasteiger partial charge is 0.0963 e. The Bertz CT molecular complexity index is 3120. The highest BCUT2D eigenvalue weighted by atomic mass is 15.0. The van der Waals surface area contributed by atoms with Gasteiger partial charge in [-0.15, -0.1) is 0 Å². The van der Waals surface area contributed by atoms with Crippen LogP contribution in [0.25, 0.3) is 83.8 Å². The molecule has 1 aliphatic carbocycles. The van der Waals surface area contributed by atoms with Gasteiger partial charge in [-0.05, 0) is 101 Å². The van der Waals surface area contributed by atoms with Crippen LogP contribution in [0, 0.1) is 0 Å². The highest BCUT2D eigenvalue weighted by Gasteiger charge is 2.25. The molecule has 0 radical (unpaired) electrons. The lowest BCUT2D eigenvalue weighted by molar-refractivity contribution is 0.818. The number of benzene rings is 4. The van der Waals surface area contributed by atoms with Gasteiger partial charge in [0.05, 0.1) is 33.3 Å². The van der Waals surface area contributed by atoms with Crippen LogP contribution in [0.3, 0.4) is 0 Å². The monoisotopic (exact) mass is 718 g/mol. The lowest BCUT2D eigenvalue weighted by atomic mass is 9.87. The summed E-state index contributed by atoms with van der Waals surface area (Å²) in [6.07, 6.45) is 17.1. The van der Waals surface area contributed by atoms with E-state index >= 15 is 0 Å². The number of allylic oxidation sites excluding steroid dienone is 1. The maximum atomic E-state index is 4.96. The van der Waals surface area contributed by atoms with E-state index in [9.17, 15) is 0 Å². The lowest BCUT2D eigenvalue weighted by Gasteiger charge is -2.20. The molecular weight excluding hydrogens is 685 g/mol. The normalized spacial score (nSPS) is 13.8. The van der Waals surface area contributed by atoms with Gasteiger partial charge in [-0.2, -0.15) is 0 Å². The maximum absolute atomic E-state index is 4.96. The van der Waals surface area contributed by atoms with Crippen LogP contribution in [-0.2, 0) is 6.42 Å². The Morgan fingerprint density at radius 1 is 0.464 bits per heavy atom. The molecule has 264 valence electrons. The molecule has 0 saturated heterocycles. The molecule has 10 aromatic rings. The van der Waals surface area contributed by atoms with Gasteiger partial charge in [-0.3, -0.25) is 19.9 Å². The van der Waals surface area contributed by atoms with Crippen molar-refractivity contribution in [3.63, 3.8) is 0 Å². The first-order valence-corrected chi connectivity index (χ1v) is 18.9. The lowest BCUT2D eigenvalue weighted by Crippen LogP contribution is -2.08. The molecule has 0 aliphatic heterocycles. The van der Waals surface area contributed by atoms with Crippen LogP contribution in [0.5, 0.6) is 0 Å². The van der Waals surface area contributed by atoms with Crippen molar-refractivity contribution in [1.82, 2.24) is 29.1 Å². The Balaban J connectivity index is 1.00. The number of aromatic nitrogens is 6. The predicted molar refractivity (Wildman–Crippen MR) is 227 cm³/mol. The van der Waals surface area contributed by atoms with Gasteiger partial charge >= 0.3 is 0 Å². The van der Waals surface area contributed by atoms with Crippen LogP contribution < -0.4 is 0 Å². The molecule has 0 saturated carbocycles. The van der Waals surface area contributed by atoms with Gasteiger partial charge in [-0.25, -0.2) is 0 Å². The van der Waals surface area contributed by atoms with Crippen LogP contribution >= 0.6 is 0 Å². The summed E-state index contributed by atoms with van der Waals surface area (Å²) in [5.41, 5.74) is 17.7. The fourth-order valence-corrected chi connectivity index (χ4v) is 8.47. The Morgan fingerprint density at radius 2 is 1.11 bits per heavy atom. The summed E-state index contributed by atoms with van der Waals surface area (Å²) in [6.45, 7) is 0. The molecular formula is C50H34N6. The number of fused-ring (bicyclic) bond motifs is 6. The highest BCUT2D eigenvalue weighted by Crippen LogP contribution is 2.40. The summed E-state index contributed by atoms with van der Waals surface area (Å²) < 4.78 is 4.70. The first-order chi connectivity index (χ1) is 27.8. The third kappa shape index (κ3) is 5.34. The van der Waals surface area contributed by atoms with E-state index in [0.29, 0.717) is 0 Å². The second kappa shape index (κ2) is 13.1. The van der Waals surface area contributed by atoms with Crippen LogP contribution in [0.4, 0.5) is 0 Å². The largest absolute Gasteiger partial charge is 0.308 e. The summed E-state index contributed by atoms with van der Waals surface area (Å²) in [5, 5.41) is 1.10. The number of pyridine rings is 4. The van der Waals surface area contributed by atoms with E-state index in [4.69, 9.17) is 9.97 Å². The third-order valence-corrected chi connectivity index (χ3v) is 11.1. The first-order valence-electron chi connectivity index (χ1n) is 18.9. The van der Waals surface area contributed by atoms with Crippen molar-refractivity contribution in [2.75, 3.05) is 0 Å². The number of rotatable bonds is 6. The summed E-state index contributed by atoms with van der Waals surface area (Å²) in [4.78, 5) is 19.1. The Morgan fingerprint density at radius 3 is 1.86 bits per heavy atom. The summed E-state index contributed by atoms with van der Waals surface area (Å²) in [6, 6.07) is 49.2. The predicted octanol–water partition coefficient (Wildman–Crippen LogP) is 11.7. The topological polar surface area (TPSA) is 61.4 Å². The molecule has 1 atom stereocenters. The zero-order valence-electron chi connectivity index (χ0n) is 30.4. The van der Waals surface area contributed by atoms with E-state index in [0.717, 1.165) is 78.6 Å². The number of hydrogen-bond acceptors (Lipinski definition) is 4. The van der Waals surface area contributed by atoms with Crippen LogP contribution in [-0.4, -0.2) is 29.1 Å². The van der Waals surface area contributed by atoms with Crippen molar-refractivity contribution in [1.29, 1.82) is 0 Å². The first kappa shape index (κ1) is 32.0. The molecule has 0 N–H and O–H groups in total. The van der Waals surface area contributed by atoms with E-state index in [1.54, 1.807) is 0 Å². The molecule has 6 nitrogen and oxygen atoms in total. The van der Waals surface area contributed by atoms with Gasteiger partial charge < -0.3 is 9.13 Å².